The van der Waals surface area contributed by atoms with Crippen molar-refractivity contribution in [1.29, 1.82) is 0 Å². The first-order valence-corrected chi connectivity index (χ1v) is 8.21. The van der Waals surface area contributed by atoms with Crippen molar-refractivity contribution in [2.45, 2.75) is 64.8 Å². The van der Waals surface area contributed by atoms with Crippen molar-refractivity contribution in [3.63, 3.8) is 0 Å². The van der Waals surface area contributed by atoms with Crippen LogP contribution in [-0.4, -0.2) is 0 Å². The van der Waals surface area contributed by atoms with E-state index in [1.54, 1.807) is 0 Å². The van der Waals surface area contributed by atoms with Crippen LogP contribution in [0.25, 0.3) is 11.0 Å². The molecule has 116 valence electrons. The fourth-order valence-corrected chi connectivity index (χ4v) is 2.84. The van der Waals surface area contributed by atoms with E-state index in [1.807, 2.05) is 0 Å². The quantitative estimate of drug-likeness (QED) is 0.388. The zero-order valence-corrected chi connectivity index (χ0v) is 13.3. The van der Waals surface area contributed by atoms with Gasteiger partial charge >= 0.3 is 0 Å². The number of hydrazine groups is 1. The minimum atomic E-state index is 0.114. The Morgan fingerprint density at radius 1 is 1.14 bits per heavy atom. The van der Waals surface area contributed by atoms with Crippen molar-refractivity contribution < 1.29 is 4.42 Å². The molecule has 0 amide bonds. The molecular weight excluding hydrogens is 260 g/mol. The maximum atomic E-state index is 6.00. The van der Waals surface area contributed by atoms with Crippen LogP contribution in [0.15, 0.2) is 28.7 Å². The molecule has 21 heavy (non-hydrogen) atoms. The van der Waals surface area contributed by atoms with Gasteiger partial charge in [0.25, 0.3) is 0 Å². The summed E-state index contributed by atoms with van der Waals surface area (Å²) in [7, 11) is 0. The number of nitrogens with two attached hydrogens (primary N) is 1. The Balaban J connectivity index is 1.91. The Bertz CT molecular complexity index is 547. The van der Waals surface area contributed by atoms with Crippen molar-refractivity contribution in [2.24, 2.45) is 5.84 Å². The molecule has 0 spiro atoms. The van der Waals surface area contributed by atoms with E-state index in [0.717, 1.165) is 23.2 Å². The highest BCUT2D eigenvalue weighted by molar-refractivity contribution is 5.80. The van der Waals surface area contributed by atoms with Crippen LogP contribution < -0.4 is 11.3 Å². The molecule has 3 heteroatoms. The number of fused-ring (bicyclic) bond motifs is 1. The van der Waals surface area contributed by atoms with Gasteiger partial charge < -0.3 is 4.42 Å². The van der Waals surface area contributed by atoms with Gasteiger partial charge in [0, 0.05) is 5.39 Å². The molecule has 2 rings (SSSR count). The molecule has 0 saturated heterocycles. The summed E-state index contributed by atoms with van der Waals surface area (Å²) in [4.78, 5) is 0. The highest BCUT2D eigenvalue weighted by Gasteiger charge is 2.15. The minimum Gasteiger partial charge on any atom is -0.459 e. The molecule has 1 unspecified atom stereocenters. The van der Waals surface area contributed by atoms with E-state index in [9.17, 15) is 0 Å². The van der Waals surface area contributed by atoms with Crippen LogP contribution in [0.2, 0.25) is 0 Å². The summed E-state index contributed by atoms with van der Waals surface area (Å²) < 4.78 is 6.00. The molecule has 0 aliphatic rings. The van der Waals surface area contributed by atoms with Gasteiger partial charge in [0.05, 0.1) is 6.04 Å². The summed E-state index contributed by atoms with van der Waals surface area (Å²) in [5.41, 5.74) is 5.06. The highest BCUT2D eigenvalue weighted by Crippen LogP contribution is 2.28. The molecule has 0 aliphatic heterocycles. The van der Waals surface area contributed by atoms with Gasteiger partial charge in [0.15, 0.2) is 0 Å². The van der Waals surface area contributed by atoms with Crippen molar-refractivity contribution in [3.8, 4) is 0 Å². The van der Waals surface area contributed by atoms with Gasteiger partial charge in [-0.2, -0.15) is 0 Å². The standard InChI is InChI=1S/C18H28N2O/c1-3-4-5-6-7-8-12-16(20-19)17-13-15-11-9-10-14(2)18(15)21-17/h9-11,13,16,20H,3-8,12,19H2,1-2H3. The molecule has 1 heterocycles. The zero-order chi connectivity index (χ0) is 15.1. The predicted octanol–water partition coefficient (Wildman–Crippen LogP) is 5.00. The molecule has 3 nitrogen and oxygen atoms in total. The van der Waals surface area contributed by atoms with E-state index in [-0.39, 0.29) is 6.04 Å². The Labute approximate surface area is 127 Å². The van der Waals surface area contributed by atoms with Crippen LogP contribution >= 0.6 is 0 Å². The Hall–Kier alpha value is -1.32. The number of unbranched alkanes of at least 4 members (excludes halogenated alkanes) is 5. The van der Waals surface area contributed by atoms with Crippen molar-refractivity contribution in [1.82, 2.24) is 5.43 Å². The summed E-state index contributed by atoms with van der Waals surface area (Å²) in [5.74, 6) is 6.67. The first-order chi connectivity index (χ1) is 10.3. The molecule has 1 aromatic heterocycles. The van der Waals surface area contributed by atoms with Crippen LogP contribution in [0.4, 0.5) is 0 Å². The summed E-state index contributed by atoms with van der Waals surface area (Å²) in [6.07, 6.45) is 8.81. The van der Waals surface area contributed by atoms with E-state index in [2.05, 4.69) is 43.5 Å². The van der Waals surface area contributed by atoms with E-state index in [0.29, 0.717) is 0 Å². The third-order valence-electron chi connectivity index (χ3n) is 4.15. The number of para-hydroxylation sites is 1. The fraction of sp³-hybridized carbons (Fsp3) is 0.556. The summed E-state index contributed by atoms with van der Waals surface area (Å²) >= 11 is 0. The van der Waals surface area contributed by atoms with Crippen LogP contribution in [0.1, 0.15) is 69.2 Å². The molecule has 1 aromatic carbocycles. The van der Waals surface area contributed by atoms with Crippen LogP contribution in [-0.2, 0) is 0 Å². The van der Waals surface area contributed by atoms with Crippen molar-refractivity contribution in [2.75, 3.05) is 0 Å². The number of furan rings is 1. The average Bonchev–Trinajstić information content (AvgIpc) is 2.92. The lowest BCUT2D eigenvalue weighted by Gasteiger charge is -2.12. The van der Waals surface area contributed by atoms with Gasteiger partial charge in [-0.3, -0.25) is 5.84 Å². The molecule has 3 N–H and O–H groups in total. The average molecular weight is 288 g/mol. The maximum Gasteiger partial charge on any atom is 0.137 e. The molecule has 0 bridgehead atoms. The zero-order valence-electron chi connectivity index (χ0n) is 13.3. The van der Waals surface area contributed by atoms with Crippen molar-refractivity contribution in [3.05, 3.63) is 35.6 Å². The van der Waals surface area contributed by atoms with Gasteiger partial charge in [-0.1, -0.05) is 63.6 Å². The van der Waals surface area contributed by atoms with Gasteiger partial charge in [-0.15, -0.1) is 0 Å². The van der Waals surface area contributed by atoms with E-state index in [4.69, 9.17) is 10.3 Å². The number of benzene rings is 1. The summed E-state index contributed by atoms with van der Waals surface area (Å²) in [6, 6.07) is 8.46. The second-order valence-corrected chi connectivity index (χ2v) is 5.92. The second-order valence-electron chi connectivity index (χ2n) is 5.92. The first kappa shape index (κ1) is 16.1. The number of aryl methyl sites for hydroxylation is 1. The van der Waals surface area contributed by atoms with Crippen LogP contribution in [0.5, 0.6) is 0 Å². The second kappa shape index (κ2) is 8.20. The van der Waals surface area contributed by atoms with Gasteiger partial charge in [0.1, 0.15) is 11.3 Å². The molecule has 0 fully saturated rings. The molecule has 2 aromatic rings. The maximum absolute atomic E-state index is 6.00. The molecule has 0 aliphatic carbocycles. The lowest BCUT2D eigenvalue weighted by Crippen LogP contribution is -2.27. The third-order valence-corrected chi connectivity index (χ3v) is 4.15. The predicted molar refractivity (Wildman–Crippen MR) is 89.0 cm³/mol. The third kappa shape index (κ3) is 4.32. The minimum absolute atomic E-state index is 0.114. The van der Waals surface area contributed by atoms with Gasteiger partial charge in [-0.25, -0.2) is 5.43 Å². The smallest absolute Gasteiger partial charge is 0.137 e. The Morgan fingerprint density at radius 3 is 2.62 bits per heavy atom. The topological polar surface area (TPSA) is 51.2 Å². The van der Waals surface area contributed by atoms with Crippen LogP contribution in [0.3, 0.4) is 0 Å². The SMILES string of the molecule is CCCCCCCCC(NN)c1cc2cccc(C)c2o1. The molecule has 0 saturated carbocycles. The number of nitrogens with one attached hydrogen (secondary N) is 1. The normalized spacial score (nSPS) is 12.9. The number of rotatable bonds is 9. The summed E-state index contributed by atoms with van der Waals surface area (Å²) in [5, 5.41) is 1.16. The Kier molecular flexibility index (Phi) is 6.27. The lowest BCUT2D eigenvalue weighted by molar-refractivity contribution is 0.401. The fourth-order valence-electron chi connectivity index (χ4n) is 2.84. The lowest BCUT2D eigenvalue weighted by atomic mass is 10.0. The highest BCUT2D eigenvalue weighted by atomic mass is 16.3. The van der Waals surface area contributed by atoms with E-state index in [1.165, 1.54) is 44.1 Å². The largest absolute Gasteiger partial charge is 0.459 e. The number of hydrogen-bond acceptors (Lipinski definition) is 3. The molecule has 0 radical (unpaired) electrons. The molecular formula is C18H28N2O. The molecule has 1 atom stereocenters. The Morgan fingerprint density at radius 2 is 1.90 bits per heavy atom. The van der Waals surface area contributed by atoms with Gasteiger partial charge in [0.2, 0.25) is 0 Å². The summed E-state index contributed by atoms with van der Waals surface area (Å²) in [6.45, 7) is 4.33. The van der Waals surface area contributed by atoms with E-state index < -0.39 is 0 Å². The number of hydrogen-bond donors (Lipinski definition) is 2. The van der Waals surface area contributed by atoms with Crippen molar-refractivity contribution >= 4 is 11.0 Å². The first-order valence-electron chi connectivity index (χ1n) is 8.21. The van der Waals surface area contributed by atoms with E-state index >= 15 is 0 Å². The van der Waals surface area contributed by atoms with Gasteiger partial charge in [-0.05, 0) is 25.0 Å². The monoisotopic (exact) mass is 288 g/mol. The van der Waals surface area contributed by atoms with Crippen LogP contribution in [0, 0.1) is 6.92 Å².